The van der Waals surface area contributed by atoms with E-state index in [1.54, 1.807) is 23.5 Å². The number of nitrogens with zero attached hydrogens (tertiary/aromatic N) is 2. The van der Waals surface area contributed by atoms with Crippen molar-refractivity contribution >= 4 is 22.9 Å². The van der Waals surface area contributed by atoms with E-state index in [2.05, 4.69) is 50.8 Å². The number of anilines is 1. The van der Waals surface area contributed by atoms with Gasteiger partial charge in [-0.2, -0.15) is 0 Å². The lowest BCUT2D eigenvalue weighted by Gasteiger charge is -2.42. The molecule has 0 saturated carbocycles. The summed E-state index contributed by atoms with van der Waals surface area (Å²) >= 11 is 1.70. The second-order valence-electron chi connectivity index (χ2n) is 7.56. The van der Waals surface area contributed by atoms with Crippen LogP contribution in [0.1, 0.15) is 28.2 Å². The van der Waals surface area contributed by atoms with Crippen molar-refractivity contribution in [2.45, 2.75) is 19.0 Å². The monoisotopic (exact) mass is 423 g/mol. The van der Waals surface area contributed by atoms with Crippen LogP contribution in [0.5, 0.6) is 0 Å². The van der Waals surface area contributed by atoms with Crippen molar-refractivity contribution in [3.63, 3.8) is 0 Å². The first-order chi connectivity index (χ1) is 14.6. The Morgan fingerprint density at radius 3 is 2.33 bits per heavy atom. The lowest BCUT2D eigenvalue weighted by Crippen LogP contribution is -2.52. The van der Waals surface area contributed by atoms with Crippen LogP contribution in [0, 0.1) is 5.82 Å². The molecule has 2 aromatic carbocycles. The summed E-state index contributed by atoms with van der Waals surface area (Å²) in [6.07, 6.45) is 0. The number of halogens is 1. The Bertz CT molecular complexity index is 956. The van der Waals surface area contributed by atoms with E-state index in [0.29, 0.717) is 0 Å². The fraction of sp³-hybridized carbons (Fsp3) is 0.292. The predicted octanol–water partition coefficient (Wildman–Crippen LogP) is 4.57. The summed E-state index contributed by atoms with van der Waals surface area (Å²) in [4.78, 5) is 18.7. The first kappa shape index (κ1) is 20.6. The second kappa shape index (κ2) is 9.41. The van der Waals surface area contributed by atoms with Gasteiger partial charge in [-0.3, -0.25) is 9.69 Å². The van der Waals surface area contributed by atoms with Gasteiger partial charge in [0.15, 0.2) is 0 Å². The SMILES string of the molecule is C[C@H](NC(=O)c1ccccc1F)[C@H](c1cccs1)N1CCN(c2ccccc2)CC1. The summed E-state index contributed by atoms with van der Waals surface area (Å²) in [5.74, 6) is -0.864. The molecule has 0 spiro atoms. The van der Waals surface area contributed by atoms with E-state index in [1.807, 2.05) is 19.1 Å². The van der Waals surface area contributed by atoms with E-state index in [1.165, 1.54) is 22.7 Å². The van der Waals surface area contributed by atoms with Crippen molar-refractivity contribution in [1.29, 1.82) is 0 Å². The molecule has 2 atom stereocenters. The van der Waals surface area contributed by atoms with Crippen molar-refractivity contribution in [3.8, 4) is 0 Å². The van der Waals surface area contributed by atoms with Crippen LogP contribution in [-0.4, -0.2) is 43.0 Å². The Morgan fingerprint density at radius 2 is 1.67 bits per heavy atom. The van der Waals surface area contributed by atoms with E-state index in [-0.39, 0.29) is 23.6 Å². The quantitative estimate of drug-likeness (QED) is 0.631. The van der Waals surface area contributed by atoms with Crippen molar-refractivity contribution in [3.05, 3.63) is 88.4 Å². The molecule has 0 unspecified atom stereocenters. The third-order valence-corrected chi connectivity index (χ3v) is 6.56. The Hall–Kier alpha value is -2.70. The zero-order valence-electron chi connectivity index (χ0n) is 17.0. The summed E-state index contributed by atoms with van der Waals surface area (Å²) < 4.78 is 14.0. The van der Waals surface area contributed by atoms with E-state index in [4.69, 9.17) is 0 Å². The molecule has 1 fully saturated rings. The minimum Gasteiger partial charge on any atom is -0.369 e. The molecule has 4 rings (SSSR count). The Balaban J connectivity index is 1.47. The number of carbonyl (C=O) groups excluding carboxylic acids is 1. The molecule has 6 heteroatoms. The third-order valence-electron chi connectivity index (χ3n) is 5.61. The fourth-order valence-corrected chi connectivity index (χ4v) is 5.07. The molecule has 0 bridgehead atoms. The van der Waals surface area contributed by atoms with E-state index in [9.17, 15) is 9.18 Å². The highest BCUT2D eigenvalue weighted by molar-refractivity contribution is 7.10. The molecule has 1 aromatic heterocycles. The molecular formula is C24H26FN3OS. The second-order valence-corrected chi connectivity index (χ2v) is 8.54. The number of hydrogen-bond donors (Lipinski definition) is 1. The highest BCUT2D eigenvalue weighted by Gasteiger charge is 2.31. The molecule has 30 heavy (non-hydrogen) atoms. The first-order valence-electron chi connectivity index (χ1n) is 10.3. The number of piperazine rings is 1. The zero-order valence-corrected chi connectivity index (χ0v) is 17.8. The molecular weight excluding hydrogens is 397 g/mol. The lowest BCUT2D eigenvalue weighted by molar-refractivity contribution is 0.0886. The zero-order chi connectivity index (χ0) is 20.9. The maximum atomic E-state index is 14.0. The Kier molecular flexibility index (Phi) is 6.45. The molecule has 0 radical (unpaired) electrons. The number of amides is 1. The summed E-state index contributed by atoms with van der Waals surface area (Å²) in [7, 11) is 0. The molecule has 4 nitrogen and oxygen atoms in total. The number of carbonyl (C=O) groups is 1. The van der Waals surface area contributed by atoms with Crippen molar-refractivity contribution in [2.24, 2.45) is 0 Å². The standard InChI is InChI=1S/C24H26FN3OS/c1-18(26-24(29)20-10-5-6-11-21(20)25)23(22-12-7-17-30-22)28-15-13-27(14-16-28)19-8-3-2-4-9-19/h2-12,17-18,23H,13-16H2,1H3,(H,26,29)/t18-,23+/m0/s1. The molecule has 1 aliphatic rings. The van der Waals surface area contributed by atoms with Gasteiger partial charge in [-0.05, 0) is 42.6 Å². The molecule has 2 heterocycles. The van der Waals surface area contributed by atoms with E-state index in [0.717, 1.165) is 26.2 Å². The minimum atomic E-state index is -0.494. The molecule has 0 aliphatic carbocycles. The van der Waals surface area contributed by atoms with Gasteiger partial charge in [-0.15, -0.1) is 11.3 Å². The predicted molar refractivity (Wildman–Crippen MR) is 121 cm³/mol. The van der Waals surface area contributed by atoms with Gasteiger partial charge in [0.2, 0.25) is 0 Å². The highest BCUT2D eigenvalue weighted by Crippen LogP contribution is 2.30. The van der Waals surface area contributed by atoms with Gasteiger partial charge in [-0.25, -0.2) is 4.39 Å². The van der Waals surface area contributed by atoms with E-state index >= 15 is 0 Å². The van der Waals surface area contributed by atoms with Gasteiger partial charge in [0.05, 0.1) is 11.6 Å². The van der Waals surface area contributed by atoms with Gasteiger partial charge in [0, 0.05) is 42.8 Å². The Morgan fingerprint density at radius 1 is 0.967 bits per heavy atom. The van der Waals surface area contributed by atoms with Crippen LogP contribution in [0.4, 0.5) is 10.1 Å². The minimum absolute atomic E-state index is 0.0543. The molecule has 1 amide bonds. The van der Waals surface area contributed by atoms with Crippen molar-refractivity contribution < 1.29 is 9.18 Å². The van der Waals surface area contributed by atoms with Crippen LogP contribution in [0.15, 0.2) is 72.1 Å². The highest BCUT2D eigenvalue weighted by atomic mass is 32.1. The number of thiophene rings is 1. The van der Waals surface area contributed by atoms with Crippen LogP contribution in [0.2, 0.25) is 0 Å². The normalized spacial score (nSPS) is 16.8. The largest absolute Gasteiger partial charge is 0.369 e. The van der Waals surface area contributed by atoms with Gasteiger partial charge in [0.1, 0.15) is 5.82 Å². The van der Waals surface area contributed by atoms with Gasteiger partial charge >= 0.3 is 0 Å². The molecule has 1 saturated heterocycles. The maximum Gasteiger partial charge on any atom is 0.254 e. The molecule has 3 aromatic rings. The summed E-state index contributed by atoms with van der Waals surface area (Å²) in [6, 6.07) is 20.6. The van der Waals surface area contributed by atoms with E-state index < -0.39 is 5.82 Å². The number of hydrogen-bond acceptors (Lipinski definition) is 4. The van der Waals surface area contributed by atoms with Crippen LogP contribution in [0.3, 0.4) is 0 Å². The average molecular weight is 424 g/mol. The van der Waals surface area contributed by atoms with Gasteiger partial charge in [-0.1, -0.05) is 36.4 Å². The lowest BCUT2D eigenvalue weighted by atomic mass is 10.0. The number of benzene rings is 2. The smallest absolute Gasteiger partial charge is 0.254 e. The van der Waals surface area contributed by atoms with Crippen molar-refractivity contribution in [2.75, 3.05) is 31.1 Å². The van der Waals surface area contributed by atoms with Crippen LogP contribution in [-0.2, 0) is 0 Å². The third kappa shape index (κ3) is 4.55. The average Bonchev–Trinajstić information content (AvgIpc) is 3.29. The van der Waals surface area contributed by atoms with Crippen LogP contribution in [0.25, 0.3) is 0 Å². The fourth-order valence-electron chi connectivity index (χ4n) is 4.11. The van der Waals surface area contributed by atoms with Crippen LogP contribution >= 0.6 is 11.3 Å². The van der Waals surface area contributed by atoms with Crippen molar-refractivity contribution in [1.82, 2.24) is 10.2 Å². The summed E-state index contributed by atoms with van der Waals surface area (Å²) in [5.41, 5.74) is 1.33. The number of para-hydroxylation sites is 1. The topological polar surface area (TPSA) is 35.6 Å². The van der Waals surface area contributed by atoms with Gasteiger partial charge in [0.25, 0.3) is 5.91 Å². The number of nitrogens with one attached hydrogen (secondary N) is 1. The number of rotatable bonds is 6. The molecule has 1 N–H and O–H groups in total. The van der Waals surface area contributed by atoms with Crippen LogP contribution < -0.4 is 10.2 Å². The summed E-state index contributed by atoms with van der Waals surface area (Å²) in [5, 5.41) is 5.10. The molecule has 1 aliphatic heterocycles. The first-order valence-corrected chi connectivity index (χ1v) is 11.1. The maximum absolute atomic E-state index is 14.0. The Labute approximate surface area is 180 Å². The van der Waals surface area contributed by atoms with Gasteiger partial charge < -0.3 is 10.2 Å². The summed E-state index contributed by atoms with van der Waals surface area (Å²) in [6.45, 7) is 5.67. The molecule has 156 valence electrons.